The van der Waals surface area contributed by atoms with E-state index < -0.39 is 10.0 Å². The van der Waals surface area contributed by atoms with Gasteiger partial charge in [-0.3, -0.25) is 9.48 Å². The van der Waals surface area contributed by atoms with Gasteiger partial charge in [-0.1, -0.05) is 13.8 Å². The molecule has 8 heteroatoms. The fourth-order valence-electron chi connectivity index (χ4n) is 3.38. The standard InChI is InChI=1S/C17H30N4O3S/c1-12(2)10-21-14(4)16(13(3)18-21)9-17(22)20-8-6-7-15(11-20)19-25(5,23)24/h12,15,19H,6-11H2,1-5H3/t15-/m0/s1. The van der Waals surface area contributed by atoms with Crippen LogP contribution in [0.2, 0.25) is 0 Å². The summed E-state index contributed by atoms with van der Waals surface area (Å²) < 4.78 is 27.4. The Morgan fingerprint density at radius 2 is 2.04 bits per heavy atom. The van der Waals surface area contributed by atoms with Crippen molar-refractivity contribution in [2.24, 2.45) is 5.92 Å². The smallest absolute Gasteiger partial charge is 0.227 e. The van der Waals surface area contributed by atoms with Gasteiger partial charge >= 0.3 is 0 Å². The molecule has 1 aromatic heterocycles. The van der Waals surface area contributed by atoms with Crippen LogP contribution < -0.4 is 4.72 Å². The Morgan fingerprint density at radius 3 is 2.64 bits per heavy atom. The third kappa shape index (κ3) is 5.54. The van der Waals surface area contributed by atoms with Crippen LogP contribution in [-0.2, 0) is 27.8 Å². The zero-order valence-electron chi connectivity index (χ0n) is 15.9. The number of sulfonamides is 1. The molecule has 25 heavy (non-hydrogen) atoms. The average molecular weight is 371 g/mol. The van der Waals surface area contributed by atoms with Gasteiger partial charge in [0, 0.05) is 36.9 Å². The summed E-state index contributed by atoms with van der Waals surface area (Å²) in [6.07, 6.45) is 3.05. The van der Waals surface area contributed by atoms with Crippen LogP contribution in [0.5, 0.6) is 0 Å². The summed E-state index contributed by atoms with van der Waals surface area (Å²) in [4.78, 5) is 14.5. The monoisotopic (exact) mass is 370 g/mol. The van der Waals surface area contributed by atoms with Crippen molar-refractivity contribution in [2.45, 2.75) is 59.5 Å². The number of amides is 1. The van der Waals surface area contributed by atoms with Gasteiger partial charge in [-0.2, -0.15) is 5.10 Å². The van der Waals surface area contributed by atoms with Crippen LogP contribution in [0.4, 0.5) is 0 Å². The molecule has 1 atom stereocenters. The van der Waals surface area contributed by atoms with Crippen molar-refractivity contribution in [3.8, 4) is 0 Å². The average Bonchev–Trinajstić information content (AvgIpc) is 2.72. The molecule has 1 fully saturated rings. The second kappa shape index (κ2) is 7.86. The minimum absolute atomic E-state index is 0.0373. The third-order valence-electron chi connectivity index (χ3n) is 4.55. The van der Waals surface area contributed by atoms with E-state index in [1.54, 1.807) is 4.90 Å². The molecule has 142 valence electrons. The Balaban J connectivity index is 2.05. The number of hydrogen-bond acceptors (Lipinski definition) is 4. The lowest BCUT2D eigenvalue weighted by molar-refractivity contribution is -0.131. The maximum atomic E-state index is 12.7. The molecule has 0 spiro atoms. The van der Waals surface area contributed by atoms with Crippen LogP contribution in [0.15, 0.2) is 0 Å². The van der Waals surface area contributed by atoms with Crippen LogP contribution >= 0.6 is 0 Å². The van der Waals surface area contributed by atoms with E-state index in [-0.39, 0.29) is 11.9 Å². The van der Waals surface area contributed by atoms with Gasteiger partial charge in [0.2, 0.25) is 15.9 Å². The quantitative estimate of drug-likeness (QED) is 0.816. The number of piperidine rings is 1. The normalized spacial score (nSPS) is 18.8. The molecule has 0 saturated carbocycles. The fraction of sp³-hybridized carbons (Fsp3) is 0.765. The number of carbonyl (C=O) groups is 1. The zero-order valence-corrected chi connectivity index (χ0v) is 16.7. The van der Waals surface area contributed by atoms with Crippen LogP contribution in [0, 0.1) is 19.8 Å². The predicted octanol–water partition coefficient (Wildman–Crippen LogP) is 1.24. The third-order valence-corrected chi connectivity index (χ3v) is 5.31. The molecule has 0 aromatic carbocycles. The summed E-state index contributed by atoms with van der Waals surface area (Å²) in [7, 11) is -3.25. The molecule has 0 radical (unpaired) electrons. The summed E-state index contributed by atoms with van der Waals surface area (Å²) >= 11 is 0. The molecule has 0 bridgehead atoms. The first-order valence-corrected chi connectivity index (χ1v) is 10.7. The molecule has 1 saturated heterocycles. The second-order valence-electron chi connectivity index (χ2n) is 7.47. The lowest BCUT2D eigenvalue weighted by atomic mass is 10.0. The SMILES string of the molecule is Cc1nn(CC(C)C)c(C)c1CC(=O)N1CCC[C@H](NS(C)(=O)=O)C1. The van der Waals surface area contributed by atoms with Gasteiger partial charge in [0.25, 0.3) is 0 Å². The van der Waals surface area contributed by atoms with Crippen molar-refractivity contribution in [1.29, 1.82) is 0 Å². The minimum Gasteiger partial charge on any atom is -0.341 e. The van der Waals surface area contributed by atoms with E-state index >= 15 is 0 Å². The molecule has 7 nitrogen and oxygen atoms in total. The van der Waals surface area contributed by atoms with E-state index in [0.717, 1.165) is 42.6 Å². The van der Waals surface area contributed by atoms with Gasteiger partial charge in [-0.25, -0.2) is 13.1 Å². The zero-order chi connectivity index (χ0) is 18.8. The Hall–Kier alpha value is -1.41. The van der Waals surface area contributed by atoms with E-state index in [0.29, 0.717) is 25.4 Å². The van der Waals surface area contributed by atoms with Crippen LogP contribution in [0.25, 0.3) is 0 Å². The van der Waals surface area contributed by atoms with Gasteiger partial charge in [-0.05, 0) is 32.6 Å². The summed E-state index contributed by atoms with van der Waals surface area (Å²) in [5.74, 6) is 0.529. The first kappa shape index (κ1) is 19.9. The highest BCUT2D eigenvalue weighted by molar-refractivity contribution is 7.88. The molecule has 1 N–H and O–H groups in total. The summed E-state index contributed by atoms with van der Waals surface area (Å²) in [5, 5.41) is 4.57. The number of carbonyl (C=O) groups excluding carboxylic acids is 1. The molecule has 2 rings (SSSR count). The molecular weight excluding hydrogens is 340 g/mol. The highest BCUT2D eigenvalue weighted by Gasteiger charge is 2.26. The number of rotatable bonds is 6. The van der Waals surface area contributed by atoms with Gasteiger partial charge in [0.1, 0.15) is 0 Å². The number of nitrogens with one attached hydrogen (secondary N) is 1. The Morgan fingerprint density at radius 1 is 1.36 bits per heavy atom. The summed E-state index contributed by atoms with van der Waals surface area (Å²) in [5.41, 5.74) is 2.93. The maximum Gasteiger partial charge on any atom is 0.227 e. The number of aryl methyl sites for hydroxylation is 1. The van der Waals surface area contributed by atoms with Crippen molar-refractivity contribution < 1.29 is 13.2 Å². The van der Waals surface area contributed by atoms with Gasteiger partial charge in [0.15, 0.2) is 0 Å². The van der Waals surface area contributed by atoms with Gasteiger partial charge in [0.05, 0.1) is 18.4 Å². The highest BCUT2D eigenvalue weighted by Crippen LogP contribution is 2.18. The Labute approximate surface area is 150 Å². The molecule has 1 aliphatic rings. The molecule has 1 amide bonds. The van der Waals surface area contributed by atoms with Crippen LogP contribution in [0.1, 0.15) is 43.6 Å². The van der Waals surface area contributed by atoms with Gasteiger partial charge in [-0.15, -0.1) is 0 Å². The van der Waals surface area contributed by atoms with E-state index in [2.05, 4.69) is 23.7 Å². The predicted molar refractivity (Wildman–Crippen MR) is 97.8 cm³/mol. The topological polar surface area (TPSA) is 84.3 Å². The molecule has 2 heterocycles. The van der Waals surface area contributed by atoms with Gasteiger partial charge < -0.3 is 4.90 Å². The van der Waals surface area contributed by atoms with E-state index in [1.165, 1.54) is 0 Å². The van der Waals surface area contributed by atoms with Crippen molar-refractivity contribution >= 4 is 15.9 Å². The fourth-order valence-corrected chi connectivity index (χ4v) is 4.18. The van der Waals surface area contributed by atoms with Crippen molar-refractivity contribution in [2.75, 3.05) is 19.3 Å². The summed E-state index contributed by atoms with van der Waals surface area (Å²) in [6, 6.07) is -0.196. The van der Waals surface area contributed by atoms with Crippen LogP contribution in [0.3, 0.4) is 0 Å². The Kier molecular flexibility index (Phi) is 6.26. The van der Waals surface area contributed by atoms with Crippen molar-refractivity contribution in [3.05, 3.63) is 17.0 Å². The van der Waals surface area contributed by atoms with E-state index in [1.807, 2.05) is 18.5 Å². The second-order valence-corrected chi connectivity index (χ2v) is 9.25. The lowest BCUT2D eigenvalue weighted by Gasteiger charge is -2.32. The van der Waals surface area contributed by atoms with E-state index in [9.17, 15) is 13.2 Å². The van der Waals surface area contributed by atoms with Crippen molar-refractivity contribution in [3.63, 3.8) is 0 Å². The number of aromatic nitrogens is 2. The molecule has 1 aliphatic heterocycles. The molecule has 0 aliphatic carbocycles. The largest absolute Gasteiger partial charge is 0.341 e. The number of nitrogens with zero attached hydrogens (tertiary/aromatic N) is 3. The van der Waals surface area contributed by atoms with Crippen LogP contribution in [-0.4, -0.2) is 54.4 Å². The molecule has 1 aromatic rings. The highest BCUT2D eigenvalue weighted by atomic mass is 32.2. The van der Waals surface area contributed by atoms with Crippen molar-refractivity contribution in [1.82, 2.24) is 19.4 Å². The maximum absolute atomic E-state index is 12.7. The first-order valence-electron chi connectivity index (χ1n) is 8.84. The molecule has 0 unspecified atom stereocenters. The molecular formula is C17H30N4O3S. The van der Waals surface area contributed by atoms with E-state index in [4.69, 9.17) is 0 Å². The lowest BCUT2D eigenvalue weighted by Crippen LogP contribution is -2.49. The minimum atomic E-state index is -3.25. The first-order chi connectivity index (χ1) is 11.6. The Bertz CT molecular complexity index is 724. The number of hydrogen-bond donors (Lipinski definition) is 1. The summed E-state index contributed by atoms with van der Waals surface area (Å²) in [6.45, 7) is 10.2. The number of likely N-dealkylation sites (tertiary alicyclic amines) is 1.